The lowest BCUT2D eigenvalue weighted by Crippen LogP contribution is -2.54. The molecule has 1 aliphatic rings. The largest absolute Gasteiger partial charge is 0.486 e. The first-order chi connectivity index (χ1) is 23.0. The van der Waals surface area contributed by atoms with Gasteiger partial charge in [0, 0.05) is 29.5 Å². The number of fused-ring (bicyclic) bond motifs is 1. The van der Waals surface area contributed by atoms with Crippen molar-refractivity contribution in [2.24, 2.45) is 0 Å². The van der Waals surface area contributed by atoms with Crippen LogP contribution in [0.15, 0.2) is 106 Å². The number of carbonyl (C=O) groups is 2. The van der Waals surface area contributed by atoms with Crippen molar-refractivity contribution in [1.82, 2.24) is 10.2 Å². The highest BCUT2D eigenvalue weighted by Crippen LogP contribution is 2.34. The summed E-state index contributed by atoms with van der Waals surface area (Å²) in [6.45, 7) is 3.77. The van der Waals surface area contributed by atoms with Gasteiger partial charge in [-0.1, -0.05) is 65.3 Å². The Morgan fingerprint density at radius 1 is 0.896 bits per heavy atom. The molecule has 0 bridgehead atoms. The Balaban J connectivity index is 1.58. The van der Waals surface area contributed by atoms with Crippen molar-refractivity contribution in [3.05, 3.63) is 118 Å². The zero-order valence-electron chi connectivity index (χ0n) is 26.6. The fraction of sp³-hybridized carbons (Fsp3) is 0.278. The molecule has 1 aliphatic heterocycles. The van der Waals surface area contributed by atoms with Crippen LogP contribution in [0.5, 0.6) is 11.5 Å². The van der Waals surface area contributed by atoms with Crippen LogP contribution in [0, 0.1) is 5.82 Å². The van der Waals surface area contributed by atoms with Crippen LogP contribution in [-0.4, -0.2) is 57.0 Å². The molecule has 1 heterocycles. The third-order valence-electron chi connectivity index (χ3n) is 8.01. The molecule has 0 saturated heterocycles. The van der Waals surface area contributed by atoms with E-state index in [1.165, 1.54) is 35.2 Å². The monoisotopic (exact) mass is 737 g/mol. The summed E-state index contributed by atoms with van der Waals surface area (Å²) in [5.41, 5.74) is 1.63. The topological polar surface area (TPSA) is 105 Å². The van der Waals surface area contributed by atoms with Gasteiger partial charge in [-0.25, -0.2) is 12.8 Å². The third-order valence-corrected chi connectivity index (χ3v) is 10.3. The molecule has 0 radical (unpaired) electrons. The number of sulfonamides is 1. The van der Waals surface area contributed by atoms with E-state index in [1.54, 1.807) is 0 Å². The SMILES string of the molecule is CC[C@@H](C)NC(=O)[C@H](Cc1ccccc1)N(Cc1cccc(Br)c1)C(=O)CN(c1ccc(F)cc1)S(=O)(=O)c1ccc2c(c1)OCCO2. The number of anilines is 1. The molecule has 12 heteroatoms. The fourth-order valence-electron chi connectivity index (χ4n) is 5.27. The number of hydrogen-bond acceptors (Lipinski definition) is 6. The molecule has 0 aliphatic carbocycles. The van der Waals surface area contributed by atoms with Gasteiger partial charge in [-0.2, -0.15) is 0 Å². The number of nitrogens with zero attached hydrogens (tertiary/aromatic N) is 2. The Kier molecular flexibility index (Phi) is 11.4. The van der Waals surface area contributed by atoms with Gasteiger partial charge in [-0.3, -0.25) is 13.9 Å². The molecule has 5 rings (SSSR count). The van der Waals surface area contributed by atoms with Crippen LogP contribution in [0.1, 0.15) is 31.4 Å². The number of amides is 2. The number of nitrogens with one attached hydrogen (secondary N) is 1. The normalized spacial score (nSPS) is 13.7. The molecule has 0 unspecified atom stereocenters. The average molecular weight is 739 g/mol. The van der Waals surface area contributed by atoms with Crippen LogP contribution >= 0.6 is 15.9 Å². The minimum atomic E-state index is -4.42. The van der Waals surface area contributed by atoms with Gasteiger partial charge >= 0.3 is 0 Å². The standard InChI is InChI=1S/C36H37BrFN3O6S/c1-3-25(2)39-36(43)32(21-26-8-5-4-6-9-26)40(23-27-10-7-11-28(37)20-27)35(42)24-41(30-14-12-29(38)13-15-30)48(44,45)31-16-17-33-34(22-31)47-19-18-46-33/h4-17,20,22,25,32H,3,18-19,21,23-24H2,1-2H3,(H,39,43)/t25-,32+/m1/s1. The Morgan fingerprint density at radius 3 is 2.27 bits per heavy atom. The van der Waals surface area contributed by atoms with Crippen molar-refractivity contribution in [3.63, 3.8) is 0 Å². The zero-order valence-corrected chi connectivity index (χ0v) is 29.0. The first kappa shape index (κ1) is 34.9. The van der Waals surface area contributed by atoms with Gasteiger partial charge in [0.25, 0.3) is 10.0 Å². The maximum absolute atomic E-state index is 14.6. The Labute approximate surface area is 288 Å². The van der Waals surface area contributed by atoms with Crippen LogP contribution in [0.2, 0.25) is 0 Å². The number of carbonyl (C=O) groups excluding carboxylic acids is 2. The predicted octanol–water partition coefficient (Wildman–Crippen LogP) is 6.11. The van der Waals surface area contributed by atoms with Gasteiger partial charge in [0.2, 0.25) is 11.8 Å². The molecular formula is C36H37BrFN3O6S. The number of benzene rings is 4. The molecule has 4 aromatic rings. The summed E-state index contributed by atoms with van der Waals surface area (Å²) in [6.07, 6.45) is 0.865. The maximum atomic E-state index is 14.6. The van der Waals surface area contributed by atoms with E-state index in [9.17, 15) is 22.4 Å². The first-order valence-corrected chi connectivity index (χ1v) is 17.8. The van der Waals surface area contributed by atoms with E-state index in [4.69, 9.17) is 9.47 Å². The van der Waals surface area contributed by atoms with Crippen molar-refractivity contribution in [1.29, 1.82) is 0 Å². The summed E-state index contributed by atoms with van der Waals surface area (Å²) in [5.74, 6) is -0.891. The van der Waals surface area contributed by atoms with Crippen LogP contribution in [-0.2, 0) is 32.6 Å². The number of rotatable bonds is 13. The first-order valence-electron chi connectivity index (χ1n) is 15.6. The molecule has 0 fully saturated rings. The minimum absolute atomic E-state index is 0.0189. The van der Waals surface area contributed by atoms with Gasteiger partial charge in [0.1, 0.15) is 31.6 Å². The van der Waals surface area contributed by atoms with Crippen molar-refractivity contribution >= 4 is 43.5 Å². The molecule has 252 valence electrons. The van der Waals surface area contributed by atoms with Crippen molar-refractivity contribution in [2.45, 2.75) is 50.2 Å². The van der Waals surface area contributed by atoms with E-state index in [2.05, 4.69) is 21.2 Å². The van der Waals surface area contributed by atoms with Crippen LogP contribution in [0.25, 0.3) is 0 Å². The highest BCUT2D eigenvalue weighted by Gasteiger charge is 2.35. The second kappa shape index (κ2) is 15.7. The zero-order chi connectivity index (χ0) is 34.3. The molecule has 9 nitrogen and oxygen atoms in total. The smallest absolute Gasteiger partial charge is 0.264 e. The van der Waals surface area contributed by atoms with E-state index in [0.29, 0.717) is 18.8 Å². The van der Waals surface area contributed by atoms with E-state index < -0.39 is 34.3 Å². The summed E-state index contributed by atoms with van der Waals surface area (Å²) in [7, 11) is -4.42. The van der Waals surface area contributed by atoms with E-state index in [-0.39, 0.29) is 47.9 Å². The molecule has 48 heavy (non-hydrogen) atoms. The summed E-state index contributed by atoms with van der Waals surface area (Å²) in [5, 5.41) is 3.02. The molecule has 2 amide bonds. The van der Waals surface area contributed by atoms with E-state index in [1.807, 2.05) is 68.4 Å². The van der Waals surface area contributed by atoms with Crippen LogP contribution in [0.4, 0.5) is 10.1 Å². The highest BCUT2D eigenvalue weighted by molar-refractivity contribution is 9.10. The third kappa shape index (κ3) is 8.53. The fourth-order valence-corrected chi connectivity index (χ4v) is 7.15. The van der Waals surface area contributed by atoms with E-state index >= 15 is 0 Å². The Bertz CT molecular complexity index is 1840. The molecule has 2 atom stereocenters. The van der Waals surface area contributed by atoms with E-state index in [0.717, 1.165) is 32.0 Å². The average Bonchev–Trinajstić information content (AvgIpc) is 3.09. The van der Waals surface area contributed by atoms with Gasteiger partial charge in [-0.05, 0) is 73.0 Å². The van der Waals surface area contributed by atoms with Crippen molar-refractivity contribution in [3.8, 4) is 11.5 Å². The summed E-state index contributed by atoms with van der Waals surface area (Å²) < 4.78 is 55.6. The van der Waals surface area contributed by atoms with Gasteiger partial charge < -0.3 is 19.7 Å². The maximum Gasteiger partial charge on any atom is 0.264 e. The summed E-state index contributed by atoms with van der Waals surface area (Å²) in [4.78, 5) is 29.8. The molecule has 4 aromatic carbocycles. The van der Waals surface area contributed by atoms with Crippen LogP contribution in [0.3, 0.4) is 0 Å². The molecule has 0 spiro atoms. The number of ether oxygens (including phenoxy) is 2. The molecule has 0 aromatic heterocycles. The van der Waals surface area contributed by atoms with Gasteiger partial charge in [0.05, 0.1) is 10.6 Å². The van der Waals surface area contributed by atoms with Crippen molar-refractivity contribution < 1.29 is 31.9 Å². The molecule has 0 saturated carbocycles. The predicted molar refractivity (Wildman–Crippen MR) is 185 cm³/mol. The second-order valence-corrected chi connectivity index (χ2v) is 14.2. The highest BCUT2D eigenvalue weighted by atomic mass is 79.9. The van der Waals surface area contributed by atoms with Gasteiger partial charge in [0.15, 0.2) is 11.5 Å². The molecule has 1 N–H and O–H groups in total. The quantitative estimate of drug-likeness (QED) is 0.178. The Hall–Kier alpha value is -4.42. The molecular weight excluding hydrogens is 701 g/mol. The summed E-state index contributed by atoms with van der Waals surface area (Å²) in [6, 6.07) is 24.6. The van der Waals surface area contributed by atoms with Crippen molar-refractivity contribution in [2.75, 3.05) is 24.1 Å². The number of halogens is 2. The number of hydrogen-bond donors (Lipinski definition) is 1. The minimum Gasteiger partial charge on any atom is -0.486 e. The Morgan fingerprint density at radius 2 is 1.58 bits per heavy atom. The lowest BCUT2D eigenvalue weighted by Gasteiger charge is -2.34. The lowest BCUT2D eigenvalue weighted by molar-refractivity contribution is -0.140. The van der Waals surface area contributed by atoms with Crippen LogP contribution < -0.4 is 19.1 Å². The summed E-state index contributed by atoms with van der Waals surface area (Å²) >= 11 is 3.49. The van der Waals surface area contributed by atoms with Gasteiger partial charge in [-0.15, -0.1) is 0 Å². The second-order valence-electron chi connectivity index (χ2n) is 11.5. The lowest BCUT2D eigenvalue weighted by atomic mass is 10.0.